The van der Waals surface area contributed by atoms with Crippen molar-refractivity contribution >= 4 is 15.9 Å². The third-order valence-corrected chi connectivity index (χ3v) is 3.61. The zero-order valence-corrected chi connectivity index (χ0v) is 15.8. The van der Waals surface area contributed by atoms with Crippen LogP contribution in [0.5, 0.6) is 17.4 Å². The topological polar surface area (TPSA) is 52.6 Å². The van der Waals surface area contributed by atoms with E-state index in [0.29, 0.717) is 25.6 Å². The van der Waals surface area contributed by atoms with Crippen LogP contribution in [0, 0.1) is 0 Å². The average Bonchev–Trinajstić information content (AvgIpc) is 2.57. The van der Waals surface area contributed by atoms with Gasteiger partial charge in [-0.15, -0.1) is 0 Å². The van der Waals surface area contributed by atoms with Gasteiger partial charge in [0.25, 0.3) is 0 Å². The summed E-state index contributed by atoms with van der Waals surface area (Å²) in [5.41, 5.74) is 1.03. The lowest BCUT2D eigenvalue weighted by Crippen LogP contribution is -2.21. The lowest BCUT2D eigenvalue weighted by molar-refractivity contribution is 0.226. The van der Waals surface area contributed by atoms with Crippen molar-refractivity contribution in [3.8, 4) is 17.4 Å². The quantitative estimate of drug-likeness (QED) is 0.655. The van der Waals surface area contributed by atoms with Gasteiger partial charge < -0.3 is 19.5 Å². The van der Waals surface area contributed by atoms with Crippen molar-refractivity contribution in [3.63, 3.8) is 0 Å². The largest absolute Gasteiger partial charge is 0.493 e. The molecule has 0 aliphatic heterocycles. The van der Waals surface area contributed by atoms with E-state index in [0.717, 1.165) is 21.5 Å². The van der Waals surface area contributed by atoms with E-state index in [9.17, 15) is 0 Å². The Morgan fingerprint density at radius 3 is 2.75 bits per heavy atom. The fraction of sp³-hybridized carbons (Fsp3) is 0.389. The number of hydrogen-bond donors (Lipinski definition) is 1. The molecule has 0 saturated carbocycles. The van der Waals surface area contributed by atoms with Gasteiger partial charge in [0.15, 0.2) is 11.5 Å². The molecule has 1 N–H and O–H groups in total. The van der Waals surface area contributed by atoms with Crippen molar-refractivity contribution in [3.05, 3.63) is 46.6 Å². The summed E-state index contributed by atoms with van der Waals surface area (Å²) < 4.78 is 17.9. The molecule has 0 saturated heterocycles. The second-order valence-corrected chi connectivity index (χ2v) is 6.37. The maximum absolute atomic E-state index is 5.92. The summed E-state index contributed by atoms with van der Waals surface area (Å²) in [4.78, 5) is 4.12. The Balaban J connectivity index is 1.92. The Morgan fingerprint density at radius 2 is 2.08 bits per heavy atom. The zero-order valence-electron chi connectivity index (χ0n) is 14.2. The summed E-state index contributed by atoms with van der Waals surface area (Å²) in [6.45, 7) is 5.90. The van der Waals surface area contributed by atoms with Gasteiger partial charge in [-0.3, -0.25) is 0 Å². The number of hydrogen-bond acceptors (Lipinski definition) is 5. The third-order valence-electron chi connectivity index (χ3n) is 3.15. The second-order valence-electron chi connectivity index (χ2n) is 5.46. The summed E-state index contributed by atoms with van der Waals surface area (Å²) >= 11 is 3.51. The van der Waals surface area contributed by atoms with Crippen LogP contribution in [0.2, 0.25) is 0 Å². The number of aromatic nitrogens is 1. The number of rotatable bonds is 9. The van der Waals surface area contributed by atoms with Gasteiger partial charge in [-0.1, -0.05) is 22.0 Å². The Labute approximate surface area is 151 Å². The van der Waals surface area contributed by atoms with E-state index in [4.69, 9.17) is 14.2 Å². The molecule has 2 rings (SSSR count). The minimum Gasteiger partial charge on any atom is -0.493 e. The van der Waals surface area contributed by atoms with Crippen molar-refractivity contribution in [1.29, 1.82) is 0 Å². The lowest BCUT2D eigenvalue weighted by Gasteiger charge is -2.18. The van der Waals surface area contributed by atoms with Gasteiger partial charge >= 0.3 is 0 Å². The molecule has 0 aliphatic rings. The number of pyridine rings is 1. The van der Waals surface area contributed by atoms with Gasteiger partial charge in [-0.05, 0) is 32.0 Å². The fourth-order valence-electron chi connectivity index (χ4n) is 2.16. The first kappa shape index (κ1) is 18.5. The number of benzene rings is 1. The molecule has 1 aromatic heterocycles. The molecule has 0 radical (unpaired) electrons. The number of ether oxygens (including phenoxy) is 3. The highest BCUT2D eigenvalue weighted by Crippen LogP contribution is 2.35. The maximum Gasteiger partial charge on any atom is 0.213 e. The smallest absolute Gasteiger partial charge is 0.213 e. The first-order valence-electron chi connectivity index (χ1n) is 7.87. The van der Waals surface area contributed by atoms with Gasteiger partial charge in [0.05, 0.1) is 13.2 Å². The van der Waals surface area contributed by atoms with Crippen LogP contribution in [0.25, 0.3) is 0 Å². The van der Waals surface area contributed by atoms with Crippen LogP contribution in [0.1, 0.15) is 19.4 Å². The van der Waals surface area contributed by atoms with Gasteiger partial charge in [0.2, 0.25) is 5.88 Å². The lowest BCUT2D eigenvalue weighted by atomic mass is 10.1. The SMILES string of the molecule is COc1cc(Br)cc(CNCCOc2ccccn2)c1OC(C)C. The van der Waals surface area contributed by atoms with Crippen molar-refractivity contribution in [2.75, 3.05) is 20.3 Å². The Bertz CT molecular complexity index is 636. The van der Waals surface area contributed by atoms with E-state index >= 15 is 0 Å². The molecule has 0 fully saturated rings. The van der Waals surface area contributed by atoms with E-state index in [1.807, 2.05) is 44.2 Å². The van der Waals surface area contributed by atoms with Gasteiger partial charge in [0, 0.05) is 35.4 Å². The normalized spacial score (nSPS) is 10.7. The van der Waals surface area contributed by atoms with E-state index in [1.54, 1.807) is 13.3 Å². The van der Waals surface area contributed by atoms with Gasteiger partial charge in [0.1, 0.15) is 6.61 Å². The fourth-order valence-corrected chi connectivity index (χ4v) is 2.64. The summed E-state index contributed by atoms with van der Waals surface area (Å²) in [5.74, 6) is 2.13. The molecule has 0 bridgehead atoms. The zero-order chi connectivity index (χ0) is 17.4. The number of halogens is 1. The first-order chi connectivity index (χ1) is 11.6. The Hall–Kier alpha value is -1.79. The molecule has 0 amide bonds. The highest BCUT2D eigenvalue weighted by Gasteiger charge is 2.14. The molecule has 0 spiro atoms. The summed E-state index contributed by atoms with van der Waals surface area (Å²) in [5, 5.41) is 3.35. The molecule has 1 heterocycles. The minimum atomic E-state index is 0.0753. The van der Waals surface area contributed by atoms with Gasteiger partial charge in [-0.25, -0.2) is 4.98 Å². The van der Waals surface area contributed by atoms with Crippen LogP contribution < -0.4 is 19.5 Å². The van der Waals surface area contributed by atoms with Crippen LogP contribution in [0.3, 0.4) is 0 Å². The monoisotopic (exact) mass is 394 g/mol. The summed E-state index contributed by atoms with van der Waals surface area (Å²) in [6, 6.07) is 9.55. The molecule has 130 valence electrons. The standard InChI is InChI=1S/C18H23BrN2O3/c1-13(2)24-18-14(10-15(19)11-16(18)22-3)12-20-8-9-23-17-6-4-5-7-21-17/h4-7,10-11,13,20H,8-9,12H2,1-3H3. The minimum absolute atomic E-state index is 0.0753. The molecule has 0 atom stereocenters. The van der Waals surface area contributed by atoms with Crippen LogP contribution in [-0.2, 0) is 6.54 Å². The molecule has 0 aliphatic carbocycles. The van der Waals surface area contributed by atoms with Crippen molar-refractivity contribution in [2.45, 2.75) is 26.5 Å². The molecule has 0 unspecified atom stereocenters. The molecular weight excluding hydrogens is 372 g/mol. The predicted molar refractivity (Wildman–Crippen MR) is 97.9 cm³/mol. The van der Waals surface area contributed by atoms with Gasteiger partial charge in [-0.2, -0.15) is 0 Å². The molecule has 5 nitrogen and oxygen atoms in total. The first-order valence-corrected chi connectivity index (χ1v) is 8.67. The van der Waals surface area contributed by atoms with Crippen molar-refractivity contribution < 1.29 is 14.2 Å². The summed E-state index contributed by atoms with van der Waals surface area (Å²) in [6.07, 6.45) is 1.79. The maximum atomic E-state index is 5.92. The average molecular weight is 395 g/mol. The van der Waals surface area contributed by atoms with Crippen molar-refractivity contribution in [1.82, 2.24) is 10.3 Å². The van der Waals surface area contributed by atoms with E-state index < -0.39 is 0 Å². The molecule has 2 aromatic rings. The van der Waals surface area contributed by atoms with E-state index in [-0.39, 0.29) is 6.10 Å². The number of nitrogens with zero attached hydrogens (tertiary/aromatic N) is 1. The Morgan fingerprint density at radius 1 is 1.25 bits per heavy atom. The predicted octanol–water partition coefficient (Wildman–Crippen LogP) is 3.81. The molecule has 6 heteroatoms. The molecular formula is C18H23BrN2O3. The number of nitrogens with one attached hydrogen (secondary N) is 1. The molecule has 24 heavy (non-hydrogen) atoms. The van der Waals surface area contributed by atoms with Crippen LogP contribution in [0.15, 0.2) is 41.0 Å². The highest BCUT2D eigenvalue weighted by molar-refractivity contribution is 9.10. The second kappa shape index (κ2) is 9.49. The highest BCUT2D eigenvalue weighted by atomic mass is 79.9. The Kier molecular flexibility index (Phi) is 7.34. The van der Waals surface area contributed by atoms with E-state index in [1.165, 1.54) is 0 Å². The third kappa shape index (κ3) is 5.69. The van der Waals surface area contributed by atoms with E-state index in [2.05, 4.69) is 26.2 Å². The molecule has 1 aromatic carbocycles. The number of methoxy groups -OCH3 is 1. The van der Waals surface area contributed by atoms with Crippen LogP contribution in [-0.4, -0.2) is 31.3 Å². The van der Waals surface area contributed by atoms with Crippen molar-refractivity contribution in [2.24, 2.45) is 0 Å². The van der Waals surface area contributed by atoms with Crippen LogP contribution in [0.4, 0.5) is 0 Å². The van der Waals surface area contributed by atoms with Crippen LogP contribution >= 0.6 is 15.9 Å². The summed E-state index contributed by atoms with van der Waals surface area (Å²) in [7, 11) is 1.65.